The van der Waals surface area contributed by atoms with E-state index in [0.717, 1.165) is 24.5 Å². The van der Waals surface area contributed by atoms with E-state index < -0.39 is 0 Å². The molecule has 1 aromatic heterocycles. The summed E-state index contributed by atoms with van der Waals surface area (Å²) in [5.74, 6) is 1.42. The van der Waals surface area contributed by atoms with Crippen molar-refractivity contribution < 1.29 is 9.47 Å². The third-order valence-corrected chi connectivity index (χ3v) is 4.08. The van der Waals surface area contributed by atoms with Crippen LogP contribution in [0.4, 0.5) is 0 Å². The number of hydrogen-bond acceptors (Lipinski definition) is 4. The minimum atomic E-state index is 0. The van der Waals surface area contributed by atoms with Crippen LogP contribution in [-0.2, 0) is 11.3 Å². The fourth-order valence-electron chi connectivity index (χ4n) is 3.00. The van der Waals surface area contributed by atoms with E-state index in [2.05, 4.69) is 20.6 Å². The van der Waals surface area contributed by atoms with Gasteiger partial charge in [0.25, 0.3) is 0 Å². The summed E-state index contributed by atoms with van der Waals surface area (Å²) in [7, 11) is 3.40. The molecule has 0 aromatic carbocycles. The molecule has 3 rings (SSSR count). The molecule has 0 aliphatic carbocycles. The van der Waals surface area contributed by atoms with Crippen molar-refractivity contribution in [3.05, 3.63) is 23.9 Å². The average Bonchev–Trinajstić information content (AvgIpc) is 3.14. The number of nitrogens with zero attached hydrogens (tertiary/aromatic N) is 2. The molecule has 2 saturated heterocycles. The van der Waals surface area contributed by atoms with E-state index in [4.69, 9.17) is 9.47 Å². The van der Waals surface area contributed by atoms with Crippen molar-refractivity contribution in [1.82, 2.24) is 15.6 Å². The smallest absolute Gasteiger partial charge is 0.213 e. The van der Waals surface area contributed by atoms with E-state index in [1.807, 2.05) is 18.2 Å². The number of methoxy groups -OCH3 is 1. The highest BCUT2D eigenvalue weighted by Gasteiger charge is 2.41. The largest absolute Gasteiger partial charge is 0.481 e. The second kappa shape index (κ2) is 7.96. The molecular weight excluding hydrogens is 395 g/mol. The first kappa shape index (κ1) is 17.3. The number of ether oxygens (including phenoxy) is 2. The lowest BCUT2D eigenvalue weighted by molar-refractivity contribution is 0.0992. The zero-order valence-electron chi connectivity index (χ0n) is 12.9. The second-order valence-electron chi connectivity index (χ2n) is 5.46. The third-order valence-electron chi connectivity index (χ3n) is 4.08. The first-order valence-electron chi connectivity index (χ1n) is 7.41. The molecule has 122 valence electrons. The predicted molar refractivity (Wildman–Crippen MR) is 95.8 cm³/mol. The van der Waals surface area contributed by atoms with Gasteiger partial charge in [-0.25, -0.2) is 4.98 Å². The van der Waals surface area contributed by atoms with Gasteiger partial charge in [-0.05, 0) is 25.3 Å². The number of rotatable bonds is 4. The molecule has 3 unspecified atom stereocenters. The van der Waals surface area contributed by atoms with E-state index in [1.54, 1.807) is 14.2 Å². The molecule has 3 heterocycles. The lowest BCUT2D eigenvalue weighted by atomic mass is 9.96. The quantitative estimate of drug-likeness (QED) is 0.443. The van der Waals surface area contributed by atoms with Crippen molar-refractivity contribution in [3.8, 4) is 5.88 Å². The molecule has 0 amide bonds. The first-order valence-corrected chi connectivity index (χ1v) is 7.41. The highest BCUT2D eigenvalue weighted by molar-refractivity contribution is 14.0. The van der Waals surface area contributed by atoms with Crippen LogP contribution in [0.2, 0.25) is 0 Å². The van der Waals surface area contributed by atoms with Crippen molar-refractivity contribution in [2.45, 2.75) is 44.1 Å². The van der Waals surface area contributed by atoms with Gasteiger partial charge in [0, 0.05) is 13.1 Å². The van der Waals surface area contributed by atoms with Gasteiger partial charge in [0.2, 0.25) is 5.88 Å². The normalized spacial score (nSPS) is 26.5. The van der Waals surface area contributed by atoms with Gasteiger partial charge in [0.1, 0.15) is 0 Å². The molecule has 2 aliphatic heterocycles. The van der Waals surface area contributed by atoms with Crippen LogP contribution < -0.4 is 15.4 Å². The van der Waals surface area contributed by atoms with Gasteiger partial charge < -0.3 is 20.1 Å². The Balaban J connectivity index is 0.00000176. The van der Waals surface area contributed by atoms with Crippen LogP contribution in [0.25, 0.3) is 0 Å². The fourth-order valence-corrected chi connectivity index (χ4v) is 3.00. The number of halogens is 1. The van der Waals surface area contributed by atoms with E-state index in [-0.39, 0.29) is 24.0 Å². The van der Waals surface area contributed by atoms with Crippen LogP contribution in [-0.4, -0.2) is 43.4 Å². The lowest BCUT2D eigenvalue weighted by Crippen LogP contribution is -2.47. The number of fused-ring (bicyclic) bond motifs is 2. The zero-order chi connectivity index (χ0) is 14.7. The van der Waals surface area contributed by atoms with Crippen molar-refractivity contribution in [2.75, 3.05) is 14.2 Å². The Morgan fingerprint density at radius 1 is 1.45 bits per heavy atom. The molecule has 6 nitrogen and oxygen atoms in total. The number of nitrogens with one attached hydrogen (secondary N) is 2. The van der Waals surface area contributed by atoms with E-state index in [9.17, 15) is 0 Å². The summed E-state index contributed by atoms with van der Waals surface area (Å²) in [6.45, 7) is 0.610. The Morgan fingerprint density at radius 2 is 2.32 bits per heavy atom. The van der Waals surface area contributed by atoms with Crippen LogP contribution in [0.3, 0.4) is 0 Å². The minimum absolute atomic E-state index is 0. The Bertz CT molecular complexity index is 526. The fraction of sp³-hybridized carbons (Fsp3) is 0.600. The molecule has 2 N–H and O–H groups in total. The molecule has 1 aromatic rings. The summed E-state index contributed by atoms with van der Waals surface area (Å²) in [6, 6.07) is 6.10. The van der Waals surface area contributed by atoms with Gasteiger partial charge in [0.05, 0.1) is 37.6 Å². The molecule has 0 radical (unpaired) electrons. The molecular formula is C15H23IN4O2. The number of guanidine groups is 1. The monoisotopic (exact) mass is 418 g/mol. The highest BCUT2D eigenvalue weighted by atomic mass is 127. The van der Waals surface area contributed by atoms with Gasteiger partial charge in [0.15, 0.2) is 5.96 Å². The number of hydrogen-bond donors (Lipinski definition) is 2. The number of pyridine rings is 1. The van der Waals surface area contributed by atoms with Gasteiger partial charge >= 0.3 is 0 Å². The molecule has 3 atom stereocenters. The van der Waals surface area contributed by atoms with Crippen LogP contribution >= 0.6 is 24.0 Å². The van der Waals surface area contributed by atoms with Gasteiger partial charge in [-0.3, -0.25) is 4.99 Å². The molecule has 2 fully saturated rings. The Morgan fingerprint density at radius 3 is 2.95 bits per heavy atom. The third kappa shape index (κ3) is 4.01. The van der Waals surface area contributed by atoms with Crippen LogP contribution in [0, 0.1) is 0 Å². The van der Waals surface area contributed by atoms with E-state index in [0.29, 0.717) is 30.7 Å². The van der Waals surface area contributed by atoms with Crippen molar-refractivity contribution in [2.24, 2.45) is 4.99 Å². The molecule has 0 spiro atoms. The maximum absolute atomic E-state index is 5.85. The predicted octanol–water partition coefficient (Wildman–Crippen LogP) is 1.69. The Labute approximate surface area is 148 Å². The van der Waals surface area contributed by atoms with Gasteiger partial charge in [-0.1, -0.05) is 6.07 Å². The summed E-state index contributed by atoms with van der Waals surface area (Å²) < 4.78 is 11.0. The maximum Gasteiger partial charge on any atom is 0.213 e. The second-order valence-corrected chi connectivity index (χ2v) is 5.46. The Kier molecular flexibility index (Phi) is 6.25. The van der Waals surface area contributed by atoms with Crippen LogP contribution in [0.5, 0.6) is 5.88 Å². The topological polar surface area (TPSA) is 67.8 Å². The standard InChI is InChI=1S/C15H22N4O2.HI/c1-16-15(19-12-8-11-6-7-13(12)21-11)17-9-10-4-3-5-14(18-10)20-2;/h3-5,11-13H,6-9H2,1-2H3,(H2,16,17,19);1H. The molecule has 0 saturated carbocycles. The maximum atomic E-state index is 5.85. The molecule has 7 heteroatoms. The first-order chi connectivity index (χ1) is 10.3. The zero-order valence-corrected chi connectivity index (χ0v) is 15.2. The number of aromatic nitrogens is 1. The molecule has 2 bridgehead atoms. The summed E-state index contributed by atoms with van der Waals surface area (Å²) in [5.41, 5.74) is 0.918. The SMILES string of the molecule is CN=C(NCc1cccc(OC)n1)NC1CC2CCC1O2.I. The minimum Gasteiger partial charge on any atom is -0.481 e. The van der Waals surface area contributed by atoms with Crippen LogP contribution in [0.1, 0.15) is 25.0 Å². The van der Waals surface area contributed by atoms with Gasteiger partial charge in [-0.15, -0.1) is 24.0 Å². The highest BCUT2D eigenvalue weighted by Crippen LogP contribution is 2.34. The summed E-state index contributed by atoms with van der Waals surface area (Å²) in [5, 5.41) is 6.74. The Hall–Kier alpha value is -1.09. The summed E-state index contributed by atoms with van der Waals surface area (Å²) in [4.78, 5) is 8.65. The summed E-state index contributed by atoms with van der Waals surface area (Å²) in [6.07, 6.45) is 4.19. The van der Waals surface area contributed by atoms with E-state index >= 15 is 0 Å². The van der Waals surface area contributed by atoms with Gasteiger partial charge in [-0.2, -0.15) is 0 Å². The van der Waals surface area contributed by atoms with E-state index in [1.165, 1.54) is 6.42 Å². The van der Waals surface area contributed by atoms with Crippen molar-refractivity contribution >= 4 is 29.9 Å². The lowest BCUT2D eigenvalue weighted by Gasteiger charge is -2.22. The van der Waals surface area contributed by atoms with Crippen molar-refractivity contribution in [3.63, 3.8) is 0 Å². The average molecular weight is 418 g/mol. The molecule has 22 heavy (non-hydrogen) atoms. The summed E-state index contributed by atoms with van der Waals surface area (Å²) >= 11 is 0. The van der Waals surface area contributed by atoms with Crippen LogP contribution in [0.15, 0.2) is 23.2 Å². The molecule has 2 aliphatic rings. The van der Waals surface area contributed by atoms with Crippen molar-refractivity contribution in [1.29, 1.82) is 0 Å². The number of aliphatic imine (C=N–C) groups is 1.